The van der Waals surface area contributed by atoms with E-state index in [1.165, 1.54) is 23.5 Å². The molecule has 0 aliphatic rings. The number of hydrogen-bond donors (Lipinski definition) is 1. The minimum Gasteiger partial charge on any atom is -0.340 e. The largest absolute Gasteiger partial charge is 0.416 e. The number of rotatable bonds is 2. The van der Waals surface area contributed by atoms with E-state index in [-0.39, 0.29) is 18.0 Å². The van der Waals surface area contributed by atoms with Gasteiger partial charge in [-0.05, 0) is 42.1 Å². The second-order valence-corrected chi connectivity index (χ2v) is 5.41. The number of nitrogens with one attached hydrogen (secondary N) is 1. The van der Waals surface area contributed by atoms with Gasteiger partial charge in [0.2, 0.25) is 0 Å². The van der Waals surface area contributed by atoms with Gasteiger partial charge in [-0.3, -0.25) is 4.79 Å². The number of carbonyl (C=O) groups is 1. The monoisotopic (exact) mass is 323 g/mol. The lowest BCUT2D eigenvalue weighted by molar-refractivity contribution is -0.137. The molecule has 2 aromatic rings. The highest BCUT2D eigenvalue weighted by atomic mass is 32.1. The van der Waals surface area contributed by atoms with Gasteiger partial charge in [0.15, 0.2) is 0 Å². The van der Waals surface area contributed by atoms with E-state index in [0.717, 1.165) is 17.7 Å². The fourth-order valence-electron chi connectivity index (χ4n) is 1.73. The maximum atomic E-state index is 12.6. The molecule has 0 radical (unpaired) electrons. The van der Waals surface area contributed by atoms with Gasteiger partial charge in [-0.15, -0.1) is 11.3 Å². The molecule has 0 saturated heterocycles. The van der Waals surface area contributed by atoms with E-state index < -0.39 is 11.7 Å². The fourth-order valence-corrected chi connectivity index (χ4v) is 2.57. The number of hydrogen-bond acceptors (Lipinski definition) is 2. The average Bonchev–Trinajstić information content (AvgIpc) is 2.89. The van der Waals surface area contributed by atoms with Crippen molar-refractivity contribution in [3.05, 3.63) is 57.3 Å². The van der Waals surface area contributed by atoms with Gasteiger partial charge in [0.1, 0.15) is 0 Å². The van der Waals surface area contributed by atoms with Crippen molar-refractivity contribution in [1.29, 1.82) is 0 Å². The van der Waals surface area contributed by atoms with Crippen LogP contribution in [0, 0.1) is 18.8 Å². The molecule has 6 heteroatoms. The lowest BCUT2D eigenvalue weighted by atomic mass is 10.1. The Labute approximate surface area is 130 Å². The summed E-state index contributed by atoms with van der Waals surface area (Å²) in [6.07, 6.45) is -4.39. The van der Waals surface area contributed by atoms with Crippen LogP contribution >= 0.6 is 11.3 Å². The van der Waals surface area contributed by atoms with Crippen molar-refractivity contribution in [2.75, 3.05) is 6.54 Å². The quantitative estimate of drug-likeness (QED) is 0.836. The van der Waals surface area contributed by atoms with Crippen LogP contribution in [0.15, 0.2) is 35.7 Å². The molecule has 22 heavy (non-hydrogen) atoms. The van der Waals surface area contributed by atoms with E-state index in [4.69, 9.17) is 0 Å². The van der Waals surface area contributed by atoms with E-state index >= 15 is 0 Å². The summed E-state index contributed by atoms with van der Waals surface area (Å²) in [5.74, 6) is 5.03. The van der Waals surface area contributed by atoms with Crippen LogP contribution in [0.3, 0.4) is 0 Å². The summed E-state index contributed by atoms with van der Waals surface area (Å²) >= 11 is 1.33. The number of carbonyl (C=O) groups excluding carboxylic acids is 1. The van der Waals surface area contributed by atoms with Gasteiger partial charge < -0.3 is 5.32 Å². The van der Waals surface area contributed by atoms with Gasteiger partial charge in [0.25, 0.3) is 5.91 Å². The van der Waals surface area contributed by atoms with Crippen LogP contribution in [0.5, 0.6) is 0 Å². The standard InChI is InChI=1S/C16H12F3NOS/c1-11-7-9-22-14(11)15(21)20-8-3-5-12-4-2-6-13(10-12)16(17,18)19/h2,4,6-7,9-10H,8H2,1H3,(H,20,21). The summed E-state index contributed by atoms with van der Waals surface area (Å²) in [5, 5.41) is 4.43. The minimum atomic E-state index is -4.39. The Morgan fingerprint density at radius 2 is 2.09 bits per heavy atom. The molecule has 2 rings (SSSR count). The van der Waals surface area contributed by atoms with Crippen molar-refractivity contribution < 1.29 is 18.0 Å². The maximum absolute atomic E-state index is 12.6. The Morgan fingerprint density at radius 1 is 1.32 bits per heavy atom. The Morgan fingerprint density at radius 3 is 2.73 bits per heavy atom. The third kappa shape index (κ3) is 4.12. The summed E-state index contributed by atoms with van der Waals surface area (Å²) in [6, 6.07) is 6.62. The second kappa shape index (κ2) is 6.67. The van der Waals surface area contributed by atoms with E-state index in [9.17, 15) is 18.0 Å². The summed E-state index contributed by atoms with van der Waals surface area (Å²) in [6.45, 7) is 1.91. The number of aryl methyl sites for hydroxylation is 1. The Kier molecular flexibility index (Phi) is 4.88. The van der Waals surface area contributed by atoms with Gasteiger partial charge in [-0.25, -0.2) is 0 Å². The summed E-state index contributed by atoms with van der Waals surface area (Å²) in [4.78, 5) is 12.4. The van der Waals surface area contributed by atoms with Crippen molar-refractivity contribution in [2.24, 2.45) is 0 Å². The number of halogens is 3. The van der Waals surface area contributed by atoms with Crippen LogP contribution in [0.4, 0.5) is 13.2 Å². The zero-order valence-electron chi connectivity index (χ0n) is 11.6. The van der Waals surface area contributed by atoms with Crippen LogP contribution in [-0.4, -0.2) is 12.5 Å². The van der Waals surface area contributed by atoms with Crippen molar-refractivity contribution in [1.82, 2.24) is 5.32 Å². The van der Waals surface area contributed by atoms with Crippen molar-refractivity contribution in [3.8, 4) is 11.8 Å². The molecule has 114 valence electrons. The predicted octanol–water partition coefficient (Wildman–Crippen LogP) is 3.86. The number of alkyl halides is 3. The van der Waals surface area contributed by atoms with Crippen LogP contribution in [0.25, 0.3) is 0 Å². The van der Waals surface area contributed by atoms with Crippen LogP contribution < -0.4 is 5.32 Å². The zero-order valence-corrected chi connectivity index (χ0v) is 12.4. The van der Waals surface area contributed by atoms with Crippen LogP contribution in [0.2, 0.25) is 0 Å². The van der Waals surface area contributed by atoms with Crippen molar-refractivity contribution >= 4 is 17.2 Å². The summed E-state index contributed by atoms with van der Waals surface area (Å²) < 4.78 is 37.7. The van der Waals surface area contributed by atoms with E-state index in [2.05, 4.69) is 17.2 Å². The molecule has 0 saturated carbocycles. The first-order valence-electron chi connectivity index (χ1n) is 6.36. The Balaban J connectivity index is 1.97. The van der Waals surface area contributed by atoms with Crippen LogP contribution in [0.1, 0.15) is 26.4 Å². The van der Waals surface area contributed by atoms with E-state index in [0.29, 0.717) is 4.88 Å². The molecule has 2 nitrogen and oxygen atoms in total. The Bertz CT molecular complexity index is 738. The molecule has 0 atom stereocenters. The molecular weight excluding hydrogens is 311 g/mol. The molecule has 1 N–H and O–H groups in total. The average molecular weight is 323 g/mol. The first kappa shape index (κ1) is 16.1. The highest BCUT2D eigenvalue weighted by Crippen LogP contribution is 2.29. The van der Waals surface area contributed by atoms with Crippen LogP contribution in [-0.2, 0) is 6.18 Å². The van der Waals surface area contributed by atoms with Crippen molar-refractivity contribution in [2.45, 2.75) is 13.1 Å². The molecule has 0 fully saturated rings. The second-order valence-electron chi connectivity index (χ2n) is 4.50. The third-order valence-corrected chi connectivity index (χ3v) is 3.84. The topological polar surface area (TPSA) is 29.1 Å². The van der Waals surface area contributed by atoms with Gasteiger partial charge in [-0.2, -0.15) is 13.2 Å². The molecule has 0 spiro atoms. The summed E-state index contributed by atoms with van der Waals surface area (Å²) in [5.41, 5.74) is 0.405. The van der Waals surface area contributed by atoms with Gasteiger partial charge in [-0.1, -0.05) is 17.9 Å². The number of benzene rings is 1. The molecule has 0 aliphatic heterocycles. The van der Waals surface area contributed by atoms with Crippen molar-refractivity contribution in [3.63, 3.8) is 0 Å². The minimum absolute atomic E-state index is 0.0758. The fraction of sp³-hybridized carbons (Fsp3) is 0.188. The molecular formula is C16H12F3NOS. The molecule has 1 aromatic heterocycles. The molecule has 0 aliphatic carbocycles. The number of amides is 1. The molecule has 0 bridgehead atoms. The normalized spacial score (nSPS) is 10.7. The summed E-state index contributed by atoms with van der Waals surface area (Å²) in [7, 11) is 0. The molecule has 0 unspecified atom stereocenters. The van der Waals surface area contributed by atoms with E-state index in [1.54, 1.807) is 0 Å². The molecule has 1 amide bonds. The Hall–Kier alpha value is -2.26. The lowest BCUT2D eigenvalue weighted by Crippen LogP contribution is -2.23. The highest BCUT2D eigenvalue weighted by molar-refractivity contribution is 7.12. The lowest BCUT2D eigenvalue weighted by Gasteiger charge is -2.05. The highest BCUT2D eigenvalue weighted by Gasteiger charge is 2.30. The molecule has 1 aromatic carbocycles. The van der Waals surface area contributed by atoms with Gasteiger partial charge in [0, 0.05) is 5.56 Å². The maximum Gasteiger partial charge on any atom is 0.416 e. The number of thiophene rings is 1. The predicted molar refractivity (Wildman–Crippen MR) is 79.7 cm³/mol. The zero-order chi connectivity index (χ0) is 16.2. The van der Waals surface area contributed by atoms with Gasteiger partial charge in [0.05, 0.1) is 17.0 Å². The first-order valence-corrected chi connectivity index (χ1v) is 7.24. The third-order valence-electron chi connectivity index (χ3n) is 2.83. The van der Waals surface area contributed by atoms with E-state index in [1.807, 2.05) is 18.4 Å². The van der Waals surface area contributed by atoms with Gasteiger partial charge >= 0.3 is 6.18 Å². The SMILES string of the molecule is Cc1ccsc1C(=O)NCC#Cc1cccc(C(F)(F)F)c1. The molecule has 1 heterocycles. The first-order chi connectivity index (χ1) is 10.4. The smallest absolute Gasteiger partial charge is 0.340 e.